The molecule has 1 fully saturated rings. The number of anilines is 1. The van der Waals surface area contributed by atoms with Gasteiger partial charge in [-0.3, -0.25) is 14.8 Å². The summed E-state index contributed by atoms with van der Waals surface area (Å²) < 4.78 is 7.57. The Morgan fingerprint density at radius 1 is 1.08 bits per heavy atom. The van der Waals surface area contributed by atoms with Crippen molar-refractivity contribution in [1.29, 1.82) is 0 Å². The van der Waals surface area contributed by atoms with E-state index in [0.29, 0.717) is 29.6 Å². The predicted octanol–water partition coefficient (Wildman–Crippen LogP) is 4.34. The fraction of sp³-hybridized carbons (Fsp3) is 0.214. The maximum Gasteiger partial charge on any atom is 0.226 e. The van der Waals surface area contributed by atoms with E-state index in [1.54, 1.807) is 19.5 Å². The van der Waals surface area contributed by atoms with Gasteiger partial charge in [-0.1, -0.05) is 24.3 Å². The molecule has 1 amide bonds. The molecule has 1 saturated heterocycles. The van der Waals surface area contributed by atoms with Crippen LogP contribution in [0.5, 0.6) is 5.75 Å². The third kappa shape index (κ3) is 5.46. The molecule has 0 unspecified atom stereocenters. The number of nitrogens with one attached hydrogen (secondary N) is 2. The summed E-state index contributed by atoms with van der Waals surface area (Å²) >= 11 is 5.78. The summed E-state index contributed by atoms with van der Waals surface area (Å²) in [5.74, 6) is 0.508. The highest BCUT2D eigenvalue weighted by Crippen LogP contribution is 2.39. The highest BCUT2D eigenvalue weighted by Gasteiger charge is 2.41. The van der Waals surface area contributed by atoms with Crippen LogP contribution in [0.1, 0.15) is 35.5 Å². The lowest BCUT2D eigenvalue weighted by Gasteiger charge is -2.29. The second kappa shape index (κ2) is 11.2. The van der Waals surface area contributed by atoms with Gasteiger partial charge < -0.3 is 24.8 Å². The Morgan fingerprint density at radius 3 is 2.73 bits per heavy atom. The van der Waals surface area contributed by atoms with E-state index >= 15 is 0 Å². The second-order valence-corrected chi connectivity index (χ2v) is 9.13. The Bertz CT molecular complexity index is 1360. The highest BCUT2D eigenvalue weighted by atomic mass is 32.1. The molecule has 9 heteroatoms. The van der Waals surface area contributed by atoms with Gasteiger partial charge in [0.1, 0.15) is 5.75 Å². The zero-order valence-electron chi connectivity index (χ0n) is 20.4. The molecule has 2 atom stereocenters. The molecule has 37 heavy (non-hydrogen) atoms. The van der Waals surface area contributed by atoms with Gasteiger partial charge in [0, 0.05) is 50.0 Å². The molecular weight excluding hydrogens is 484 g/mol. The largest absolute Gasteiger partial charge is 0.495 e. The van der Waals surface area contributed by atoms with Crippen molar-refractivity contribution >= 4 is 28.9 Å². The van der Waals surface area contributed by atoms with E-state index < -0.39 is 0 Å². The van der Waals surface area contributed by atoms with Gasteiger partial charge in [0.2, 0.25) is 5.91 Å². The molecule has 188 valence electrons. The van der Waals surface area contributed by atoms with Crippen molar-refractivity contribution in [3.63, 3.8) is 0 Å². The number of methoxy groups -OCH3 is 1. The molecule has 4 heterocycles. The average Bonchev–Trinajstić information content (AvgIpc) is 3.52. The molecule has 0 spiro atoms. The Morgan fingerprint density at radius 2 is 1.95 bits per heavy atom. The normalized spacial score (nSPS) is 16.9. The lowest BCUT2D eigenvalue weighted by atomic mass is 10.0. The second-order valence-electron chi connectivity index (χ2n) is 8.74. The minimum Gasteiger partial charge on any atom is -0.495 e. The summed E-state index contributed by atoms with van der Waals surface area (Å²) in [6.07, 6.45) is 7.75. The minimum absolute atomic E-state index is 0.113. The molecule has 4 aromatic rings. The number of rotatable bonds is 9. The molecule has 3 aromatic heterocycles. The van der Waals surface area contributed by atoms with Gasteiger partial charge in [0.05, 0.1) is 30.6 Å². The van der Waals surface area contributed by atoms with E-state index in [2.05, 4.69) is 48.4 Å². The topological polar surface area (TPSA) is 84.3 Å². The number of hydrogen-bond acceptors (Lipinski definition) is 5. The van der Waals surface area contributed by atoms with Crippen molar-refractivity contribution in [2.24, 2.45) is 0 Å². The van der Waals surface area contributed by atoms with E-state index in [-0.39, 0.29) is 24.4 Å². The highest BCUT2D eigenvalue weighted by molar-refractivity contribution is 7.80. The van der Waals surface area contributed by atoms with Gasteiger partial charge in [0.15, 0.2) is 5.11 Å². The molecule has 2 N–H and O–H groups in total. The summed E-state index contributed by atoms with van der Waals surface area (Å²) in [5, 5.41) is 7.01. The number of carbonyl (C=O) groups is 1. The molecule has 0 bridgehead atoms. The number of nitrogens with zero attached hydrogens (tertiary/aromatic N) is 4. The van der Waals surface area contributed by atoms with Crippen LogP contribution < -0.4 is 15.4 Å². The maximum absolute atomic E-state index is 12.9. The first-order valence-electron chi connectivity index (χ1n) is 12.1. The van der Waals surface area contributed by atoms with E-state index in [1.807, 2.05) is 60.8 Å². The molecule has 1 aliphatic rings. The van der Waals surface area contributed by atoms with Crippen LogP contribution in [-0.2, 0) is 11.3 Å². The number of para-hydroxylation sites is 2. The Labute approximate surface area is 221 Å². The average molecular weight is 513 g/mol. The third-order valence-electron chi connectivity index (χ3n) is 6.40. The number of amides is 1. The lowest BCUT2D eigenvalue weighted by molar-refractivity contribution is -0.116. The van der Waals surface area contributed by atoms with Crippen LogP contribution >= 0.6 is 12.2 Å². The molecule has 8 nitrogen and oxygen atoms in total. The Kier molecular flexibility index (Phi) is 7.41. The summed E-state index contributed by atoms with van der Waals surface area (Å²) in [5.41, 5.74) is 3.72. The number of carbonyl (C=O) groups excluding carboxylic acids is 1. The third-order valence-corrected chi connectivity index (χ3v) is 6.75. The van der Waals surface area contributed by atoms with Crippen molar-refractivity contribution in [1.82, 2.24) is 24.8 Å². The van der Waals surface area contributed by atoms with Crippen LogP contribution in [0.15, 0.2) is 91.5 Å². The maximum atomic E-state index is 12.9. The SMILES string of the molecule is COc1ccccc1NC(=O)CCN1C(=S)N[C@H](c2ccccn2)[C@@H]1c1cccn1Cc1cccnc1. The quantitative estimate of drug-likeness (QED) is 0.323. The fourth-order valence-electron chi connectivity index (χ4n) is 4.68. The first kappa shape index (κ1) is 24.5. The van der Waals surface area contributed by atoms with Gasteiger partial charge in [-0.15, -0.1) is 0 Å². The molecule has 5 rings (SSSR count). The van der Waals surface area contributed by atoms with Gasteiger partial charge in [-0.25, -0.2) is 0 Å². The predicted molar refractivity (Wildman–Crippen MR) is 146 cm³/mol. The van der Waals surface area contributed by atoms with Crippen molar-refractivity contribution in [3.8, 4) is 5.75 Å². The molecule has 0 saturated carbocycles. The standard InChI is InChI=1S/C28H28N6O2S/c1-36-24-12-3-2-9-21(24)31-25(35)13-17-34-27(26(32-28(34)37)22-10-4-5-15-30-22)23-11-7-16-33(23)19-20-8-6-14-29-18-20/h2-12,14-16,18,26-27H,13,17,19H2,1H3,(H,31,35)(H,32,37)/t26-,27+/m1/s1. The molecule has 1 aromatic carbocycles. The molecular formula is C28H28N6O2S. The molecule has 0 radical (unpaired) electrons. The first-order valence-corrected chi connectivity index (χ1v) is 12.5. The smallest absolute Gasteiger partial charge is 0.226 e. The van der Waals surface area contributed by atoms with Crippen LogP contribution in [0.4, 0.5) is 5.69 Å². The van der Waals surface area contributed by atoms with Crippen LogP contribution in [0.2, 0.25) is 0 Å². The van der Waals surface area contributed by atoms with Crippen LogP contribution in [0.25, 0.3) is 0 Å². The van der Waals surface area contributed by atoms with Crippen LogP contribution in [0.3, 0.4) is 0 Å². The Hall–Kier alpha value is -4.24. The van der Waals surface area contributed by atoms with Crippen molar-refractivity contribution < 1.29 is 9.53 Å². The van der Waals surface area contributed by atoms with E-state index in [1.165, 1.54) is 0 Å². The molecule has 0 aliphatic carbocycles. The van der Waals surface area contributed by atoms with Crippen molar-refractivity contribution in [3.05, 3.63) is 108 Å². The zero-order chi connectivity index (χ0) is 25.6. The summed E-state index contributed by atoms with van der Waals surface area (Å²) in [6, 6.07) is 21.1. The van der Waals surface area contributed by atoms with Crippen LogP contribution in [-0.4, -0.2) is 44.1 Å². The number of ether oxygens (including phenoxy) is 1. The number of aromatic nitrogens is 3. The van der Waals surface area contributed by atoms with E-state index in [0.717, 1.165) is 17.0 Å². The molecule has 1 aliphatic heterocycles. The first-order chi connectivity index (χ1) is 18.1. The summed E-state index contributed by atoms with van der Waals surface area (Å²) in [4.78, 5) is 23.9. The van der Waals surface area contributed by atoms with E-state index in [9.17, 15) is 4.79 Å². The van der Waals surface area contributed by atoms with Crippen LogP contribution in [0, 0.1) is 0 Å². The van der Waals surface area contributed by atoms with Gasteiger partial charge in [-0.05, 0) is 60.2 Å². The fourth-order valence-corrected chi connectivity index (χ4v) is 5.01. The summed E-state index contributed by atoms with van der Waals surface area (Å²) in [6.45, 7) is 1.12. The van der Waals surface area contributed by atoms with Gasteiger partial charge >= 0.3 is 0 Å². The van der Waals surface area contributed by atoms with E-state index in [4.69, 9.17) is 17.0 Å². The Balaban J connectivity index is 1.40. The van der Waals surface area contributed by atoms with Gasteiger partial charge in [-0.2, -0.15) is 0 Å². The van der Waals surface area contributed by atoms with Crippen molar-refractivity contribution in [2.75, 3.05) is 19.0 Å². The number of pyridine rings is 2. The van der Waals surface area contributed by atoms with Gasteiger partial charge in [0.25, 0.3) is 0 Å². The zero-order valence-corrected chi connectivity index (χ0v) is 21.3. The number of thiocarbonyl (C=S) groups is 1. The lowest BCUT2D eigenvalue weighted by Crippen LogP contribution is -2.33. The number of hydrogen-bond donors (Lipinski definition) is 2. The minimum atomic E-state index is -0.159. The monoisotopic (exact) mass is 512 g/mol. The van der Waals surface area contributed by atoms with Crippen molar-refractivity contribution in [2.45, 2.75) is 25.0 Å². The summed E-state index contributed by atoms with van der Waals surface area (Å²) in [7, 11) is 1.59. The number of benzene rings is 1.